The fraction of sp³-hybridized carbons (Fsp3) is 0.444. The molecule has 2 N–H and O–H groups in total. The molecule has 1 aromatic carbocycles. The first-order valence-electron chi connectivity index (χ1n) is 7.19. The highest BCUT2D eigenvalue weighted by atomic mass is 16.3. The second-order valence-electron chi connectivity index (χ2n) is 6.63. The third kappa shape index (κ3) is 3.31. The van der Waals surface area contributed by atoms with Gasteiger partial charge in [-0.05, 0) is 42.9 Å². The number of benzene rings is 1. The number of nitrogens with two attached hydrogens (primary N) is 1. The summed E-state index contributed by atoms with van der Waals surface area (Å²) in [6.07, 6.45) is 0.838. The van der Waals surface area contributed by atoms with E-state index in [9.17, 15) is 0 Å². The standard InChI is InChI=1S/C18H25NO/c1-12-10-16(13(2)20-12)17(19)11-14-6-8-15(9-7-14)18(3,4)5/h6-10,17H,11,19H2,1-5H3. The van der Waals surface area contributed by atoms with E-state index in [1.807, 2.05) is 19.9 Å². The smallest absolute Gasteiger partial charge is 0.105 e. The largest absolute Gasteiger partial charge is 0.466 e. The summed E-state index contributed by atoms with van der Waals surface area (Å²) in [5.74, 6) is 1.86. The zero-order chi connectivity index (χ0) is 14.9. The molecule has 0 saturated carbocycles. The highest BCUT2D eigenvalue weighted by Gasteiger charge is 2.15. The second-order valence-corrected chi connectivity index (χ2v) is 6.63. The molecule has 0 aliphatic carbocycles. The molecule has 2 heteroatoms. The van der Waals surface area contributed by atoms with Gasteiger partial charge in [0.25, 0.3) is 0 Å². The average Bonchev–Trinajstić information content (AvgIpc) is 2.68. The summed E-state index contributed by atoms with van der Waals surface area (Å²) < 4.78 is 5.56. The van der Waals surface area contributed by atoms with Gasteiger partial charge in [0.1, 0.15) is 11.5 Å². The summed E-state index contributed by atoms with van der Waals surface area (Å²) in [5, 5.41) is 0. The highest BCUT2D eigenvalue weighted by molar-refractivity contribution is 5.30. The minimum Gasteiger partial charge on any atom is -0.466 e. The van der Waals surface area contributed by atoms with Crippen molar-refractivity contribution in [3.63, 3.8) is 0 Å². The number of hydrogen-bond donors (Lipinski definition) is 1. The van der Waals surface area contributed by atoms with Crippen LogP contribution in [-0.2, 0) is 11.8 Å². The molecular weight excluding hydrogens is 246 g/mol. The lowest BCUT2D eigenvalue weighted by Crippen LogP contribution is -2.14. The molecule has 0 radical (unpaired) electrons. The molecule has 20 heavy (non-hydrogen) atoms. The van der Waals surface area contributed by atoms with Crippen LogP contribution >= 0.6 is 0 Å². The summed E-state index contributed by atoms with van der Waals surface area (Å²) in [7, 11) is 0. The summed E-state index contributed by atoms with van der Waals surface area (Å²) in [4.78, 5) is 0. The Morgan fingerprint density at radius 2 is 1.70 bits per heavy atom. The lowest BCUT2D eigenvalue weighted by atomic mass is 9.86. The lowest BCUT2D eigenvalue weighted by molar-refractivity contribution is 0.497. The molecule has 0 aliphatic heterocycles. The van der Waals surface area contributed by atoms with E-state index in [2.05, 4.69) is 45.0 Å². The fourth-order valence-corrected chi connectivity index (χ4v) is 2.52. The molecule has 0 fully saturated rings. The van der Waals surface area contributed by atoms with Crippen LogP contribution in [-0.4, -0.2) is 0 Å². The van der Waals surface area contributed by atoms with Crippen LogP contribution in [0.4, 0.5) is 0 Å². The van der Waals surface area contributed by atoms with Crippen molar-refractivity contribution >= 4 is 0 Å². The summed E-state index contributed by atoms with van der Waals surface area (Å²) >= 11 is 0. The zero-order valence-corrected chi connectivity index (χ0v) is 13.2. The third-order valence-electron chi connectivity index (χ3n) is 3.75. The van der Waals surface area contributed by atoms with Crippen LogP contribution in [0.15, 0.2) is 34.7 Å². The number of rotatable bonds is 3. The van der Waals surface area contributed by atoms with Gasteiger partial charge in [0.2, 0.25) is 0 Å². The van der Waals surface area contributed by atoms with Crippen LogP contribution < -0.4 is 5.73 Å². The van der Waals surface area contributed by atoms with E-state index >= 15 is 0 Å². The predicted octanol–water partition coefficient (Wildman–Crippen LogP) is 4.44. The summed E-state index contributed by atoms with van der Waals surface area (Å²) in [6, 6.07) is 10.8. The minimum absolute atomic E-state index is 0.00654. The minimum atomic E-state index is -0.00654. The average molecular weight is 271 g/mol. The van der Waals surface area contributed by atoms with Gasteiger partial charge >= 0.3 is 0 Å². The van der Waals surface area contributed by atoms with Gasteiger partial charge in [-0.2, -0.15) is 0 Å². The van der Waals surface area contributed by atoms with E-state index in [0.717, 1.165) is 23.5 Å². The summed E-state index contributed by atoms with van der Waals surface area (Å²) in [5.41, 5.74) is 10.2. The molecule has 1 heterocycles. The number of hydrogen-bond acceptors (Lipinski definition) is 2. The molecule has 2 rings (SSSR count). The predicted molar refractivity (Wildman–Crippen MR) is 84.0 cm³/mol. The van der Waals surface area contributed by atoms with Crippen LogP contribution in [0.3, 0.4) is 0 Å². The Labute approximate surface area is 122 Å². The van der Waals surface area contributed by atoms with Gasteiger partial charge in [-0.25, -0.2) is 0 Å². The van der Waals surface area contributed by atoms with E-state index in [1.165, 1.54) is 11.1 Å². The zero-order valence-electron chi connectivity index (χ0n) is 13.2. The molecule has 1 atom stereocenters. The lowest BCUT2D eigenvalue weighted by Gasteiger charge is -2.19. The molecule has 0 amide bonds. The molecule has 108 valence electrons. The normalized spacial score (nSPS) is 13.5. The second kappa shape index (κ2) is 5.45. The topological polar surface area (TPSA) is 39.2 Å². The van der Waals surface area contributed by atoms with Crippen molar-refractivity contribution in [3.05, 3.63) is 58.5 Å². The van der Waals surface area contributed by atoms with Crippen LogP contribution in [0.1, 0.15) is 55.0 Å². The van der Waals surface area contributed by atoms with Gasteiger partial charge < -0.3 is 10.2 Å². The van der Waals surface area contributed by atoms with Crippen LogP contribution in [0, 0.1) is 13.8 Å². The van der Waals surface area contributed by atoms with Gasteiger partial charge in [0, 0.05) is 11.6 Å². The van der Waals surface area contributed by atoms with Crippen molar-refractivity contribution in [2.45, 2.75) is 52.5 Å². The van der Waals surface area contributed by atoms with Crippen molar-refractivity contribution in [1.29, 1.82) is 0 Å². The molecule has 2 nitrogen and oxygen atoms in total. The first-order valence-corrected chi connectivity index (χ1v) is 7.19. The maximum absolute atomic E-state index is 6.31. The highest BCUT2D eigenvalue weighted by Crippen LogP contribution is 2.25. The fourth-order valence-electron chi connectivity index (χ4n) is 2.52. The quantitative estimate of drug-likeness (QED) is 0.896. The number of furan rings is 1. The van der Waals surface area contributed by atoms with Gasteiger partial charge in [-0.3, -0.25) is 0 Å². The van der Waals surface area contributed by atoms with E-state index in [-0.39, 0.29) is 11.5 Å². The molecule has 0 saturated heterocycles. The Morgan fingerprint density at radius 3 is 2.15 bits per heavy atom. The van der Waals surface area contributed by atoms with Crippen molar-refractivity contribution < 1.29 is 4.42 Å². The first kappa shape index (κ1) is 14.9. The maximum Gasteiger partial charge on any atom is 0.105 e. The molecule has 1 aromatic heterocycles. The van der Waals surface area contributed by atoms with Crippen molar-refractivity contribution in [3.8, 4) is 0 Å². The van der Waals surface area contributed by atoms with E-state index < -0.39 is 0 Å². The number of aryl methyl sites for hydroxylation is 2. The molecule has 0 spiro atoms. The molecule has 2 aromatic rings. The third-order valence-corrected chi connectivity index (χ3v) is 3.75. The Bertz CT molecular complexity index is 572. The van der Waals surface area contributed by atoms with Crippen molar-refractivity contribution in [2.24, 2.45) is 5.73 Å². The molecular formula is C18H25NO. The van der Waals surface area contributed by atoms with Crippen LogP contribution in [0.2, 0.25) is 0 Å². The van der Waals surface area contributed by atoms with Gasteiger partial charge in [0.05, 0.1) is 0 Å². The SMILES string of the molecule is Cc1cc(C(N)Cc2ccc(C(C)(C)C)cc2)c(C)o1. The van der Waals surface area contributed by atoms with Gasteiger partial charge in [0.15, 0.2) is 0 Å². The van der Waals surface area contributed by atoms with E-state index in [4.69, 9.17) is 10.2 Å². The van der Waals surface area contributed by atoms with Crippen LogP contribution in [0.25, 0.3) is 0 Å². The Balaban J connectivity index is 2.12. The maximum atomic E-state index is 6.31. The molecule has 0 bridgehead atoms. The molecule has 0 aliphatic rings. The first-order chi connectivity index (χ1) is 9.27. The Hall–Kier alpha value is -1.54. The molecule has 1 unspecified atom stereocenters. The van der Waals surface area contributed by atoms with Crippen molar-refractivity contribution in [2.75, 3.05) is 0 Å². The van der Waals surface area contributed by atoms with Gasteiger partial charge in [-0.15, -0.1) is 0 Å². The van der Waals surface area contributed by atoms with E-state index in [1.54, 1.807) is 0 Å². The van der Waals surface area contributed by atoms with Crippen molar-refractivity contribution in [1.82, 2.24) is 0 Å². The monoisotopic (exact) mass is 271 g/mol. The Morgan fingerprint density at radius 1 is 1.10 bits per heavy atom. The van der Waals surface area contributed by atoms with E-state index in [0.29, 0.717) is 0 Å². The Kier molecular flexibility index (Phi) is 4.05. The summed E-state index contributed by atoms with van der Waals surface area (Å²) in [6.45, 7) is 10.6. The van der Waals surface area contributed by atoms with Crippen LogP contribution in [0.5, 0.6) is 0 Å². The van der Waals surface area contributed by atoms with Gasteiger partial charge in [-0.1, -0.05) is 45.0 Å².